The number of carbonyl (C=O) groups excluding carboxylic acids is 1. The first-order chi connectivity index (χ1) is 16.3. The van der Waals surface area contributed by atoms with E-state index in [1.54, 1.807) is 18.5 Å². The summed E-state index contributed by atoms with van der Waals surface area (Å²) in [6.45, 7) is 3.25. The molecule has 0 bridgehead atoms. The van der Waals surface area contributed by atoms with Gasteiger partial charge in [-0.15, -0.1) is 0 Å². The average Bonchev–Trinajstić information content (AvgIpc) is 3.21. The molecule has 1 N–H and O–H groups in total. The smallest absolute Gasteiger partial charge is 0.262 e. The van der Waals surface area contributed by atoms with E-state index in [0.29, 0.717) is 44.9 Å². The number of hydrogen-bond acceptors (Lipinski definition) is 5. The third-order valence-corrected chi connectivity index (χ3v) is 7.90. The molecule has 0 saturated carbocycles. The molecule has 1 amide bonds. The zero-order valence-electron chi connectivity index (χ0n) is 19.5. The number of carbonyl (C=O) groups is 1. The Bertz CT molecular complexity index is 1210. The summed E-state index contributed by atoms with van der Waals surface area (Å²) in [5.74, 6) is 1.12. The van der Waals surface area contributed by atoms with Crippen molar-refractivity contribution in [3.63, 3.8) is 0 Å². The van der Waals surface area contributed by atoms with E-state index in [-0.39, 0.29) is 16.9 Å². The molecule has 8 nitrogen and oxygen atoms in total. The standard InChI is InChI=1S/C25H30N4O4S/c1-19-27-24(17-28(19)2)34(31,32)29-13-11-22(12-14-29)25(30)26-16-21-9-6-10-23(15-21)33-18-20-7-4-3-5-8-20/h3-10,15,17,22H,11-14,16,18H2,1-2H3,(H,26,30). The maximum atomic E-state index is 12.9. The average molecular weight is 483 g/mol. The first-order valence-corrected chi connectivity index (χ1v) is 12.8. The molecule has 2 heterocycles. The Morgan fingerprint density at radius 3 is 2.47 bits per heavy atom. The van der Waals surface area contributed by atoms with E-state index in [9.17, 15) is 13.2 Å². The summed E-state index contributed by atoms with van der Waals surface area (Å²) in [5, 5.41) is 3.05. The van der Waals surface area contributed by atoms with E-state index in [1.165, 1.54) is 10.5 Å². The Hall–Kier alpha value is -3.17. The van der Waals surface area contributed by atoms with Gasteiger partial charge in [-0.3, -0.25) is 4.79 Å². The fourth-order valence-corrected chi connectivity index (χ4v) is 5.46. The molecule has 4 rings (SSSR count). The fraction of sp³-hybridized carbons (Fsp3) is 0.360. The van der Waals surface area contributed by atoms with Crippen LogP contribution in [-0.4, -0.2) is 41.3 Å². The lowest BCUT2D eigenvalue weighted by molar-refractivity contribution is -0.126. The van der Waals surface area contributed by atoms with Crippen molar-refractivity contribution in [2.45, 2.75) is 37.9 Å². The van der Waals surface area contributed by atoms with Crippen LogP contribution >= 0.6 is 0 Å². The molecule has 0 spiro atoms. The van der Waals surface area contributed by atoms with Gasteiger partial charge in [0.05, 0.1) is 0 Å². The van der Waals surface area contributed by atoms with Gasteiger partial charge in [0.25, 0.3) is 10.0 Å². The van der Waals surface area contributed by atoms with Crippen LogP contribution in [0.1, 0.15) is 29.8 Å². The van der Waals surface area contributed by atoms with E-state index in [2.05, 4.69) is 10.3 Å². The Labute approximate surface area is 200 Å². The van der Waals surface area contributed by atoms with Crippen LogP contribution in [0.4, 0.5) is 0 Å². The van der Waals surface area contributed by atoms with Crippen LogP contribution in [0, 0.1) is 12.8 Å². The molecule has 1 saturated heterocycles. The molecule has 3 aromatic rings. The van der Waals surface area contributed by atoms with E-state index in [0.717, 1.165) is 16.9 Å². The summed E-state index contributed by atoms with van der Waals surface area (Å²) in [5.41, 5.74) is 2.04. The highest BCUT2D eigenvalue weighted by atomic mass is 32.2. The summed E-state index contributed by atoms with van der Waals surface area (Å²) in [6, 6.07) is 17.6. The minimum atomic E-state index is -3.64. The molecule has 1 fully saturated rings. The monoisotopic (exact) mass is 482 g/mol. The zero-order valence-corrected chi connectivity index (χ0v) is 20.3. The maximum absolute atomic E-state index is 12.9. The van der Waals surface area contributed by atoms with Crippen LogP contribution in [0.2, 0.25) is 0 Å². The highest BCUT2D eigenvalue weighted by Crippen LogP contribution is 2.24. The van der Waals surface area contributed by atoms with Crippen molar-refractivity contribution < 1.29 is 17.9 Å². The predicted molar refractivity (Wildman–Crippen MR) is 128 cm³/mol. The lowest BCUT2D eigenvalue weighted by Gasteiger charge is -2.30. The van der Waals surface area contributed by atoms with Crippen molar-refractivity contribution >= 4 is 15.9 Å². The van der Waals surface area contributed by atoms with Gasteiger partial charge in [-0.2, -0.15) is 4.31 Å². The lowest BCUT2D eigenvalue weighted by Crippen LogP contribution is -2.43. The van der Waals surface area contributed by atoms with Gasteiger partial charge in [-0.1, -0.05) is 42.5 Å². The van der Waals surface area contributed by atoms with Gasteiger partial charge in [-0.05, 0) is 43.0 Å². The van der Waals surface area contributed by atoms with Gasteiger partial charge in [0.2, 0.25) is 5.91 Å². The molecule has 0 aliphatic carbocycles. The van der Waals surface area contributed by atoms with E-state index in [4.69, 9.17) is 4.74 Å². The van der Waals surface area contributed by atoms with Gasteiger partial charge >= 0.3 is 0 Å². The Kier molecular flexibility index (Phi) is 7.33. The molecule has 0 unspecified atom stereocenters. The molecule has 2 aromatic carbocycles. The van der Waals surface area contributed by atoms with Crippen molar-refractivity contribution in [1.82, 2.24) is 19.2 Å². The first kappa shape index (κ1) is 24.0. The van der Waals surface area contributed by atoms with Gasteiger partial charge in [0, 0.05) is 38.8 Å². The van der Waals surface area contributed by atoms with Crippen molar-refractivity contribution in [1.29, 1.82) is 0 Å². The van der Waals surface area contributed by atoms with E-state index >= 15 is 0 Å². The van der Waals surface area contributed by atoms with Crippen molar-refractivity contribution in [3.05, 3.63) is 77.7 Å². The van der Waals surface area contributed by atoms with Crippen LogP contribution in [0.25, 0.3) is 0 Å². The number of rotatable bonds is 8. The summed E-state index contributed by atoms with van der Waals surface area (Å²) >= 11 is 0. The second-order valence-corrected chi connectivity index (χ2v) is 10.4. The molecule has 1 aromatic heterocycles. The number of hydrogen-bond donors (Lipinski definition) is 1. The number of imidazole rings is 1. The third-order valence-electron chi connectivity index (χ3n) is 6.13. The SMILES string of the molecule is Cc1nc(S(=O)(=O)N2CCC(C(=O)NCc3cccc(OCc4ccccc4)c3)CC2)cn1C. The molecule has 1 aliphatic rings. The highest BCUT2D eigenvalue weighted by Gasteiger charge is 2.33. The predicted octanol–water partition coefficient (Wildman–Crippen LogP) is 3.02. The van der Waals surface area contributed by atoms with Crippen LogP contribution < -0.4 is 10.1 Å². The number of sulfonamides is 1. The Morgan fingerprint density at radius 1 is 1.09 bits per heavy atom. The normalized spacial score (nSPS) is 15.2. The molecular weight excluding hydrogens is 452 g/mol. The van der Waals surface area contributed by atoms with Crippen LogP contribution in [0.3, 0.4) is 0 Å². The van der Waals surface area contributed by atoms with E-state index in [1.807, 2.05) is 54.6 Å². The maximum Gasteiger partial charge on any atom is 0.262 e. The summed E-state index contributed by atoms with van der Waals surface area (Å²) in [4.78, 5) is 16.9. The number of aromatic nitrogens is 2. The van der Waals surface area contributed by atoms with Gasteiger partial charge in [-0.25, -0.2) is 13.4 Å². The number of amides is 1. The van der Waals surface area contributed by atoms with Gasteiger partial charge in [0.1, 0.15) is 18.2 Å². The largest absolute Gasteiger partial charge is 0.489 e. The Balaban J connectivity index is 1.27. The lowest BCUT2D eigenvalue weighted by atomic mass is 9.97. The van der Waals surface area contributed by atoms with Crippen molar-refractivity contribution in [2.75, 3.05) is 13.1 Å². The number of nitrogens with zero attached hydrogens (tertiary/aromatic N) is 3. The third kappa shape index (κ3) is 5.66. The fourth-order valence-electron chi connectivity index (χ4n) is 3.96. The van der Waals surface area contributed by atoms with Crippen molar-refractivity contribution in [2.24, 2.45) is 13.0 Å². The van der Waals surface area contributed by atoms with Crippen molar-refractivity contribution in [3.8, 4) is 5.75 Å². The van der Waals surface area contributed by atoms with Gasteiger partial charge < -0.3 is 14.6 Å². The van der Waals surface area contributed by atoms with Crippen LogP contribution in [-0.2, 0) is 35.0 Å². The second kappa shape index (κ2) is 10.4. The minimum absolute atomic E-state index is 0.0543. The number of ether oxygens (including phenoxy) is 1. The molecule has 9 heteroatoms. The zero-order chi connectivity index (χ0) is 24.1. The molecule has 0 atom stereocenters. The number of benzene rings is 2. The quantitative estimate of drug-likeness (QED) is 0.533. The summed E-state index contributed by atoms with van der Waals surface area (Å²) < 4.78 is 34.7. The minimum Gasteiger partial charge on any atom is -0.489 e. The second-order valence-electron chi connectivity index (χ2n) is 8.56. The van der Waals surface area contributed by atoms with E-state index < -0.39 is 10.0 Å². The van der Waals surface area contributed by atoms with Gasteiger partial charge in [0.15, 0.2) is 5.03 Å². The highest BCUT2D eigenvalue weighted by molar-refractivity contribution is 7.89. The molecule has 180 valence electrons. The number of piperidine rings is 1. The topological polar surface area (TPSA) is 93.5 Å². The van der Waals surface area contributed by atoms with Crippen LogP contribution in [0.15, 0.2) is 65.8 Å². The summed E-state index contributed by atoms with van der Waals surface area (Å²) in [6.07, 6.45) is 2.50. The molecule has 0 radical (unpaired) electrons. The number of nitrogens with one attached hydrogen (secondary N) is 1. The summed E-state index contributed by atoms with van der Waals surface area (Å²) in [7, 11) is -1.88. The molecule has 34 heavy (non-hydrogen) atoms. The molecular formula is C25H30N4O4S. The molecule has 1 aliphatic heterocycles. The van der Waals surface area contributed by atoms with Crippen LogP contribution in [0.5, 0.6) is 5.75 Å². The number of aryl methyl sites for hydroxylation is 2. The first-order valence-electron chi connectivity index (χ1n) is 11.4. The Morgan fingerprint density at radius 2 is 1.79 bits per heavy atom.